The van der Waals surface area contributed by atoms with Crippen molar-refractivity contribution in [3.8, 4) is 0 Å². The first kappa shape index (κ1) is 16.7. The number of hydrogen-bond donors (Lipinski definition) is 1. The van der Waals surface area contributed by atoms with Crippen molar-refractivity contribution < 1.29 is 14.3 Å². The molecule has 0 saturated carbocycles. The molecule has 2 rings (SSSR count). The van der Waals surface area contributed by atoms with Crippen LogP contribution in [0.2, 0.25) is 0 Å². The van der Waals surface area contributed by atoms with Crippen LogP contribution in [0, 0.1) is 12.8 Å². The normalized spacial score (nSPS) is 18.0. The number of allylic oxidation sites excluding steroid dienone is 2. The van der Waals surface area contributed by atoms with Gasteiger partial charge in [-0.2, -0.15) is 0 Å². The van der Waals surface area contributed by atoms with Gasteiger partial charge in [0.1, 0.15) is 0 Å². The summed E-state index contributed by atoms with van der Waals surface area (Å²) in [5, 5.41) is 2.76. The Balaban J connectivity index is 1.85. The van der Waals surface area contributed by atoms with Crippen LogP contribution in [-0.2, 0) is 14.3 Å². The van der Waals surface area contributed by atoms with Crippen molar-refractivity contribution in [3.63, 3.8) is 0 Å². The van der Waals surface area contributed by atoms with E-state index in [1.807, 2.05) is 31.2 Å². The number of hydrogen-bond acceptors (Lipinski definition) is 3. The minimum atomic E-state index is -0.814. The molecule has 1 amide bonds. The largest absolute Gasteiger partial charge is 0.453 e. The lowest BCUT2D eigenvalue weighted by atomic mass is 10.1. The molecule has 0 fully saturated rings. The molecule has 0 aliphatic heterocycles. The topological polar surface area (TPSA) is 55.4 Å². The molecule has 0 unspecified atom stereocenters. The van der Waals surface area contributed by atoms with Gasteiger partial charge in [-0.05, 0) is 66.2 Å². The van der Waals surface area contributed by atoms with Crippen LogP contribution in [0.3, 0.4) is 0 Å². The zero-order chi connectivity index (χ0) is 16.1. The van der Waals surface area contributed by atoms with Crippen molar-refractivity contribution in [3.05, 3.63) is 40.4 Å². The summed E-state index contributed by atoms with van der Waals surface area (Å²) in [5.74, 6) is -0.420. The molecule has 1 aliphatic rings. The van der Waals surface area contributed by atoms with Crippen LogP contribution < -0.4 is 5.32 Å². The van der Waals surface area contributed by atoms with E-state index in [9.17, 15) is 9.59 Å². The summed E-state index contributed by atoms with van der Waals surface area (Å²) >= 11 is 3.40. The van der Waals surface area contributed by atoms with E-state index in [1.54, 1.807) is 6.92 Å². The zero-order valence-electron chi connectivity index (χ0n) is 12.8. The van der Waals surface area contributed by atoms with Crippen LogP contribution in [0.1, 0.15) is 31.7 Å². The molecule has 1 aliphatic carbocycles. The van der Waals surface area contributed by atoms with Gasteiger partial charge >= 0.3 is 5.97 Å². The first-order chi connectivity index (χ1) is 10.5. The first-order valence-corrected chi connectivity index (χ1v) is 8.18. The highest BCUT2D eigenvalue weighted by atomic mass is 79.9. The Bertz CT molecular complexity index is 598. The molecular weight excluding hydrogens is 346 g/mol. The van der Waals surface area contributed by atoms with Crippen molar-refractivity contribution >= 4 is 33.5 Å². The molecule has 2 atom stereocenters. The molecular formula is C17H20BrNO3. The maximum absolute atomic E-state index is 12.1. The third-order valence-electron chi connectivity index (χ3n) is 3.60. The van der Waals surface area contributed by atoms with Gasteiger partial charge in [0, 0.05) is 4.47 Å². The van der Waals surface area contributed by atoms with Crippen molar-refractivity contribution in [2.45, 2.75) is 39.2 Å². The van der Waals surface area contributed by atoms with Crippen LogP contribution in [0.4, 0.5) is 5.69 Å². The second-order valence-electron chi connectivity index (χ2n) is 5.57. The summed E-state index contributed by atoms with van der Waals surface area (Å²) < 4.78 is 6.01. The standard InChI is InChI=1S/C17H20BrNO3/c1-11-7-8-15(14(18)9-11)19-17(21)12(2)22-16(20)10-13-5-3-4-6-13/h3,5,7-9,12-13H,4,6,10H2,1-2H3,(H,19,21)/t12-,13+/m0/s1. The fraction of sp³-hybridized carbons (Fsp3) is 0.412. The number of aryl methyl sites for hydroxylation is 1. The average molecular weight is 366 g/mol. The molecule has 0 spiro atoms. The highest BCUT2D eigenvalue weighted by molar-refractivity contribution is 9.10. The highest BCUT2D eigenvalue weighted by Gasteiger charge is 2.21. The van der Waals surface area contributed by atoms with Crippen LogP contribution in [0.25, 0.3) is 0 Å². The van der Waals surface area contributed by atoms with Gasteiger partial charge in [0.05, 0.1) is 12.1 Å². The number of nitrogens with one attached hydrogen (secondary N) is 1. The zero-order valence-corrected chi connectivity index (χ0v) is 14.4. The van der Waals surface area contributed by atoms with Gasteiger partial charge in [-0.3, -0.25) is 9.59 Å². The lowest BCUT2D eigenvalue weighted by Gasteiger charge is -2.15. The van der Waals surface area contributed by atoms with Crippen LogP contribution in [-0.4, -0.2) is 18.0 Å². The van der Waals surface area contributed by atoms with Crippen LogP contribution in [0.15, 0.2) is 34.8 Å². The summed E-state index contributed by atoms with van der Waals surface area (Å²) in [6, 6.07) is 5.64. The van der Waals surface area contributed by atoms with Crippen molar-refractivity contribution in [1.82, 2.24) is 0 Å². The van der Waals surface area contributed by atoms with E-state index >= 15 is 0 Å². The molecule has 1 aromatic carbocycles. The van der Waals surface area contributed by atoms with E-state index in [-0.39, 0.29) is 17.8 Å². The number of carbonyl (C=O) groups excluding carboxylic acids is 2. The average Bonchev–Trinajstić information content (AvgIpc) is 2.94. The number of carbonyl (C=O) groups is 2. The minimum absolute atomic E-state index is 0.244. The van der Waals surface area contributed by atoms with Crippen molar-refractivity contribution in [2.24, 2.45) is 5.92 Å². The molecule has 0 radical (unpaired) electrons. The molecule has 0 heterocycles. The Morgan fingerprint density at radius 2 is 2.23 bits per heavy atom. The van der Waals surface area contributed by atoms with Gasteiger partial charge in [0.25, 0.3) is 5.91 Å². The quantitative estimate of drug-likeness (QED) is 0.633. The van der Waals surface area contributed by atoms with E-state index in [4.69, 9.17) is 4.74 Å². The fourth-order valence-corrected chi connectivity index (χ4v) is 2.93. The molecule has 0 bridgehead atoms. The van der Waals surface area contributed by atoms with Gasteiger partial charge < -0.3 is 10.1 Å². The molecule has 5 heteroatoms. The molecule has 4 nitrogen and oxygen atoms in total. The fourth-order valence-electron chi connectivity index (χ4n) is 2.33. The van der Waals surface area contributed by atoms with E-state index in [0.717, 1.165) is 22.9 Å². The molecule has 118 valence electrons. The Morgan fingerprint density at radius 3 is 2.86 bits per heavy atom. The summed E-state index contributed by atoms with van der Waals surface area (Å²) in [7, 11) is 0. The summed E-state index contributed by atoms with van der Waals surface area (Å²) in [6.07, 6.45) is 5.62. The summed E-state index contributed by atoms with van der Waals surface area (Å²) in [4.78, 5) is 23.9. The van der Waals surface area contributed by atoms with Gasteiger partial charge in [0.2, 0.25) is 0 Å². The Kier molecular flexibility index (Phi) is 5.77. The first-order valence-electron chi connectivity index (χ1n) is 7.39. The van der Waals surface area contributed by atoms with Gasteiger partial charge in [-0.15, -0.1) is 0 Å². The predicted molar refractivity (Wildman–Crippen MR) is 89.5 cm³/mol. The maximum atomic E-state index is 12.1. The number of anilines is 1. The number of amides is 1. The highest BCUT2D eigenvalue weighted by Crippen LogP contribution is 2.24. The summed E-state index contributed by atoms with van der Waals surface area (Å²) in [5.41, 5.74) is 1.76. The van der Waals surface area contributed by atoms with Crippen LogP contribution in [0.5, 0.6) is 0 Å². The number of benzene rings is 1. The summed E-state index contributed by atoms with van der Waals surface area (Å²) in [6.45, 7) is 3.55. The molecule has 1 aromatic rings. The van der Waals surface area contributed by atoms with Gasteiger partial charge in [-0.25, -0.2) is 0 Å². The van der Waals surface area contributed by atoms with E-state index in [0.29, 0.717) is 12.1 Å². The molecule has 0 saturated heterocycles. The monoisotopic (exact) mass is 365 g/mol. The van der Waals surface area contributed by atoms with Crippen molar-refractivity contribution in [1.29, 1.82) is 0 Å². The van der Waals surface area contributed by atoms with Crippen LogP contribution >= 0.6 is 15.9 Å². The van der Waals surface area contributed by atoms with E-state index < -0.39 is 6.10 Å². The van der Waals surface area contributed by atoms with Gasteiger partial charge in [0.15, 0.2) is 6.10 Å². The second kappa shape index (κ2) is 7.58. The number of rotatable bonds is 5. The Morgan fingerprint density at radius 1 is 1.45 bits per heavy atom. The second-order valence-corrected chi connectivity index (χ2v) is 6.43. The SMILES string of the molecule is Cc1ccc(NC(=O)[C@H](C)OC(=O)C[C@@H]2C=CCC2)c(Br)c1. The Labute approximate surface area is 139 Å². The number of halogens is 1. The maximum Gasteiger partial charge on any atom is 0.307 e. The lowest BCUT2D eigenvalue weighted by molar-refractivity contribution is -0.153. The predicted octanol–water partition coefficient (Wildman–Crippen LogP) is 3.98. The Hall–Kier alpha value is -1.62. The number of ether oxygens (including phenoxy) is 1. The molecule has 22 heavy (non-hydrogen) atoms. The third-order valence-corrected chi connectivity index (χ3v) is 4.26. The van der Waals surface area contributed by atoms with E-state index in [2.05, 4.69) is 27.3 Å². The minimum Gasteiger partial charge on any atom is -0.453 e. The molecule has 1 N–H and O–H groups in total. The van der Waals surface area contributed by atoms with Crippen molar-refractivity contribution in [2.75, 3.05) is 5.32 Å². The number of esters is 1. The van der Waals surface area contributed by atoms with Gasteiger partial charge in [-0.1, -0.05) is 18.2 Å². The van der Waals surface area contributed by atoms with E-state index in [1.165, 1.54) is 0 Å². The third kappa shape index (κ3) is 4.70. The smallest absolute Gasteiger partial charge is 0.307 e. The molecule has 0 aromatic heterocycles. The lowest BCUT2D eigenvalue weighted by Crippen LogP contribution is -2.30.